The summed E-state index contributed by atoms with van der Waals surface area (Å²) >= 11 is 9.50. The maximum atomic E-state index is 5.86. The number of rotatable bonds is 5. The molecule has 0 spiro atoms. The first-order valence-electron chi connectivity index (χ1n) is 6.38. The highest BCUT2D eigenvalue weighted by molar-refractivity contribution is 9.10. The van der Waals surface area contributed by atoms with E-state index < -0.39 is 0 Å². The van der Waals surface area contributed by atoms with Crippen LogP contribution in [0.15, 0.2) is 53.0 Å². The van der Waals surface area contributed by atoms with Crippen LogP contribution in [0, 0.1) is 0 Å². The maximum Gasteiger partial charge on any atom is 0.0513 e. The van der Waals surface area contributed by atoms with Gasteiger partial charge in [-0.25, -0.2) is 0 Å². The number of benzene rings is 2. The van der Waals surface area contributed by atoms with Gasteiger partial charge in [-0.1, -0.05) is 36.4 Å². The van der Waals surface area contributed by atoms with Gasteiger partial charge >= 0.3 is 0 Å². The maximum absolute atomic E-state index is 5.86. The Morgan fingerprint density at radius 3 is 2.37 bits per heavy atom. The third-order valence-electron chi connectivity index (χ3n) is 3.11. The lowest BCUT2D eigenvalue weighted by Crippen LogP contribution is -2.22. The monoisotopic (exact) mass is 337 g/mol. The fourth-order valence-corrected chi connectivity index (χ4v) is 2.90. The van der Waals surface area contributed by atoms with Gasteiger partial charge in [-0.05, 0) is 46.1 Å². The fourth-order valence-electron chi connectivity index (χ4n) is 2.06. The molecule has 0 aliphatic carbocycles. The van der Waals surface area contributed by atoms with Crippen molar-refractivity contribution in [2.24, 2.45) is 0 Å². The molecule has 0 aliphatic heterocycles. The zero-order valence-corrected chi connectivity index (χ0v) is 13.3. The average Bonchev–Trinajstić information content (AvgIpc) is 2.46. The zero-order valence-electron chi connectivity index (χ0n) is 10.9. The number of nitrogens with zero attached hydrogens (tertiary/aromatic N) is 1. The summed E-state index contributed by atoms with van der Waals surface area (Å²) in [7, 11) is 0. The number of alkyl halides is 1. The lowest BCUT2D eigenvalue weighted by atomic mass is 10.1. The summed E-state index contributed by atoms with van der Waals surface area (Å²) < 4.78 is 1.10. The Morgan fingerprint density at radius 1 is 1.05 bits per heavy atom. The van der Waals surface area contributed by atoms with Gasteiger partial charge < -0.3 is 4.90 Å². The number of hydrogen-bond donors (Lipinski definition) is 0. The number of anilines is 1. The summed E-state index contributed by atoms with van der Waals surface area (Å²) in [5.41, 5.74) is 3.66. The van der Waals surface area contributed by atoms with Crippen LogP contribution in [0.2, 0.25) is 0 Å². The highest BCUT2D eigenvalue weighted by atomic mass is 79.9. The minimum atomic E-state index is 0.545. The molecule has 0 atom stereocenters. The quantitative estimate of drug-likeness (QED) is 0.676. The van der Waals surface area contributed by atoms with Gasteiger partial charge in [-0.3, -0.25) is 0 Å². The molecule has 0 bridgehead atoms. The molecule has 0 unspecified atom stereocenters. The van der Waals surface area contributed by atoms with Crippen molar-refractivity contribution in [2.45, 2.75) is 19.3 Å². The smallest absolute Gasteiger partial charge is 0.0513 e. The molecule has 100 valence electrons. The predicted octanol–water partition coefficient (Wildman–Crippen LogP) is 5.21. The van der Waals surface area contributed by atoms with E-state index in [0.717, 1.165) is 23.1 Å². The molecule has 0 saturated carbocycles. The van der Waals surface area contributed by atoms with E-state index in [2.05, 4.69) is 70.2 Å². The van der Waals surface area contributed by atoms with Crippen molar-refractivity contribution < 1.29 is 0 Å². The molecule has 19 heavy (non-hydrogen) atoms. The SMILES string of the molecule is CCN(Cc1ccccc1)c1ccc(CCl)cc1Br. The van der Waals surface area contributed by atoms with Crippen LogP contribution in [0.1, 0.15) is 18.1 Å². The third-order valence-corrected chi connectivity index (χ3v) is 4.05. The largest absolute Gasteiger partial charge is 0.367 e. The molecular weight excluding hydrogens is 322 g/mol. The van der Waals surface area contributed by atoms with Gasteiger partial charge in [-0.15, -0.1) is 11.6 Å². The fraction of sp³-hybridized carbons (Fsp3) is 0.250. The lowest BCUT2D eigenvalue weighted by molar-refractivity contribution is 0.829. The first-order chi connectivity index (χ1) is 9.24. The Kier molecular flexibility index (Phi) is 5.29. The first kappa shape index (κ1) is 14.4. The van der Waals surface area contributed by atoms with Gasteiger partial charge in [0.05, 0.1) is 5.69 Å². The van der Waals surface area contributed by atoms with Gasteiger partial charge in [0.15, 0.2) is 0 Å². The average molecular weight is 339 g/mol. The van der Waals surface area contributed by atoms with E-state index >= 15 is 0 Å². The normalized spacial score (nSPS) is 10.5. The highest BCUT2D eigenvalue weighted by Crippen LogP contribution is 2.29. The molecule has 0 aromatic heterocycles. The molecule has 0 fully saturated rings. The van der Waals surface area contributed by atoms with E-state index in [0.29, 0.717) is 5.88 Å². The lowest BCUT2D eigenvalue weighted by Gasteiger charge is -2.24. The van der Waals surface area contributed by atoms with Crippen molar-refractivity contribution in [3.63, 3.8) is 0 Å². The highest BCUT2D eigenvalue weighted by Gasteiger charge is 2.09. The van der Waals surface area contributed by atoms with Crippen LogP contribution >= 0.6 is 27.5 Å². The molecule has 0 N–H and O–H groups in total. The summed E-state index contributed by atoms with van der Waals surface area (Å²) in [6, 6.07) is 16.8. The van der Waals surface area contributed by atoms with Crippen molar-refractivity contribution >= 4 is 33.2 Å². The Labute approximate surface area is 128 Å². The van der Waals surface area contributed by atoms with Crippen LogP contribution in [0.5, 0.6) is 0 Å². The minimum Gasteiger partial charge on any atom is -0.367 e. The second-order valence-electron chi connectivity index (χ2n) is 4.42. The van der Waals surface area contributed by atoms with Crippen molar-refractivity contribution in [3.8, 4) is 0 Å². The Bertz CT molecular complexity index is 528. The first-order valence-corrected chi connectivity index (χ1v) is 7.70. The molecule has 0 heterocycles. The molecule has 0 saturated heterocycles. The van der Waals surface area contributed by atoms with E-state index in [1.165, 1.54) is 11.3 Å². The van der Waals surface area contributed by atoms with Crippen molar-refractivity contribution in [3.05, 3.63) is 64.1 Å². The second-order valence-corrected chi connectivity index (χ2v) is 5.54. The Hall–Kier alpha value is -0.990. The predicted molar refractivity (Wildman–Crippen MR) is 86.9 cm³/mol. The molecule has 3 heteroatoms. The topological polar surface area (TPSA) is 3.24 Å². The van der Waals surface area contributed by atoms with E-state index in [1.807, 2.05) is 6.07 Å². The second kappa shape index (κ2) is 6.97. The molecular formula is C16H17BrClN. The molecule has 2 aromatic carbocycles. The van der Waals surface area contributed by atoms with Crippen LogP contribution in [-0.2, 0) is 12.4 Å². The van der Waals surface area contributed by atoms with Gasteiger partial charge in [-0.2, -0.15) is 0 Å². The molecule has 0 radical (unpaired) electrons. The molecule has 0 amide bonds. The third kappa shape index (κ3) is 3.74. The van der Waals surface area contributed by atoms with E-state index in [9.17, 15) is 0 Å². The van der Waals surface area contributed by atoms with E-state index in [-0.39, 0.29) is 0 Å². The van der Waals surface area contributed by atoms with Crippen LogP contribution < -0.4 is 4.90 Å². The molecule has 0 aliphatic rings. The Balaban J connectivity index is 2.22. The summed E-state index contributed by atoms with van der Waals surface area (Å²) in [6.07, 6.45) is 0. The minimum absolute atomic E-state index is 0.545. The van der Waals surface area contributed by atoms with Crippen molar-refractivity contribution in [1.82, 2.24) is 0 Å². The summed E-state index contributed by atoms with van der Waals surface area (Å²) in [5.74, 6) is 0.545. The van der Waals surface area contributed by atoms with Gasteiger partial charge in [0.1, 0.15) is 0 Å². The molecule has 2 rings (SSSR count). The van der Waals surface area contributed by atoms with Gasteiger partial charge in [0.2, 0.25) is 0 Å². The van der Waals surface area contributed by atoms with Crippen LogP contribution in [0.3, 0.4) is 0 Å². The van der Waals surface area contributed by atoms with Gasteiger partial charge in [0.25, 0.3) is 0 Å². The molecule has 1 nitrogen and oxygen atoms in total. The number of halogens is 2. The standard InChI is InChI=1S/C16H17BrClN/c1-2-19(12-13-6-4-3-5-7-13)16-9-8-14(11-18)10-15(16)17/h3-10H,2,11-12H2,1H3. The van der Waals surface area contributed by atoms with E-state index in [1.54, 1.807) is 0 Å². The van der Waals surface area contributed by atoms with E-state index in [4.69, 9.17) is 11.6 Å². The van der Waals surface area contributed by atoms with Crippen LogP contribution in [0.25, 0.3) is 0 Å². The van der Waals surface area contributed by atoms with Crippen LogP contribution in [-0.4, -0.2) is 6.54 Å². The molecule has 2 aromatic rings. The van der Waals surface area contributed by atoms with Crippen molar-refractivity contribution in [1.29, 1.82) is 0 Å². The number of hydrogen-bond acceptors (Lipinski definition) is 1. The summed E-state index contributed by atoms with van der Waals surface area (Å²) in [4.78, 5) is 2.34. The van der Waals surface area contributed by atoms with Crippen LogP contribution in [0.4, 0.5) is 5.69 Å². The summed E-state index contributed by atoms with van der Waals surface area (Å²) in [5, 5.41) is 0. The zero-order chi connectivity index (χ0) is 13.7. The Morgan fingerprint density at radius 2 is 1.79 bits per heavy atom. The van der Waals surface area contributed by atoms with Crippen molar-refractivity contribution in [2.75, 3.05) is 11.4 Å². The van der Waals surface area contributed by atoms with Gasteiger partial charge in [0, 0.05) is 23.4 Å². The summed E-state index contributed by atoms with van der Waals surface area (Å²) in [6.45, 7) is 4.05.